The number of carbonyl (C=O) groups excluding carboxylic acids is 1. The first-order valence-corrected chi connectivity index (χ1v) is 6.70. The van der Waals surface area contributed by atoms with E-state index in [9.17, 15) is 9.59 Å². The Morgan fingerprint density at radius 1 is 1.14 bits per heavy atom. The standard InChI is InChI=1S/C8H13NO3.C8H16N.ClH/c1-4-6(10)9-8(2,3)5-7(11)12;1-5-7-9(3,4)8-6-2;/h4H,1,5H2,2-3H3,(H,9,10)(H,11,12);5-6H,1-2,7-8H2,3-4H3;1H/q;+1;/p-1. The second kappa shape index (κ2) is 12.0. The average molecular weight is 333 g/mol. The molecule has 2 N–H and O–H groups in total. The molecule has 128 valence electrons. The van der Waals surface area contributed by atoms with E-state index in [1.165, 1.54) is 0 Å². The first kappa shape index (κ1) is 25.4. The fourth-order valence-electron chi connectivity index (χ4n) is 1.58. The molecule has 0 atom stereocenters. The van der Waals surface area contributed by atoms with Gasteiger partial charge in [-0.15, -0.1) is 0 Å². The van der Waals surface area contributed by atoms with E-state index in [0.29, 0.717) is 0 Å². The van der Waals surface area contributed by atoms with Crippen LogP contribution in [0.1, 0.15) is 20.3 Å². The number of halogens is 1. The highest BCUT2D eigenvalue weighted by Crippen LogP contribution is 2.07. The molecule has 6 heteroatoms. The summed E-state index contributed by atoms with van der Waals surface area (Å²) in [5, 5.41) is 11.0. The molecule has 0 heterocycles. The minimum atomic E-state index is -0.940. The van der Waals surface area contributed by atoms with Gasteiger partial charge in [0.15, 0.2) is 0 Å². The van der Waals surface area contributed by atoms with Crippen LogP contribution in [0.2, 0.25) is 0 Å². The summed E-state index contributed by atoms with van der Waals surface area (Å²) in [6.45, 7) is 15.9. The SMILES string of the molecule is C=CC(=O)NC(C)(C)CC(=O)O.C=CC[N+](C)(C)CC=C.[Cl-]. The molecule has 0 saturated carbocycles. The smallest absolute Gasteiger partial charge is 0.305 e. The van der Waals surface area contributed by atoms with Gasteiger partial charge in [-0.1, -0.05) is 19.7 Å². The van der Waals surface area contributed by atoms with Gasteiger partial charge in [0.1, 0.15) is 0 Å². The fraction of sp³-hybridized carbons (Fsp3) is 0.500. The largest absolute Gasteiger partial charge is 1.00 e. The van der Waals surface area contributed by atoms with E-state index in [2.05, 4.69) is 39.1 Å². The Labute approximate surface area is 140 Å². The Balaban J connectivity index is -0.000000326. The molecule has 1 amide bonds. The number of amides is 1. The molecule has 0 rings (SSSR count). The molecule has 0 spiro atoms. The van der Waals surface area contributed by atoms with Crippen molar-refractivity contribution < 1.29 is 31.6 Å². The zero-order valence-electron chi connectivity index (χ0n) is 14.1. The van der Waals surface area contributed by atoms with Crippen molar-refractivity contribution in [2.75, 3.05) is 27.2 Å². The number of aliphatic carboxylic acids is 1. The third kappa shape index (κ3) is 16.5. The minimum absolute atomic E-state index is 0. The zero-order chi connectivity index (χ0) is 17.1. The van der Waals surface area contributed by atoms with Gasteiger partial charge in [-0.3, -0.25) is 9.59 Å². The van der Waals surface area contributed by atoms with E-state index in [1.807, 2.05) is 12.2 Å². The maximum atomic E-state index is 10.8. The van der Waals surface area contributed by atoms with Crippen LogP contribution in [0.3, 0.4) is 0 Å². The molecular weight excluding hydrogens is 304 g/mol. The fourth-order valence-corrected chi connectivity index (χ4v) is 1.58. The quantitative estimate of drug-likeness (QED) is 0.340. The molecule has 22 heavy (non-hydrogen) atoms. The number of nitrogens with one attached hydrogen (secondary N) is 1. The van der Waals surface area contributed by atoms with Crippen LogP contribution in [-0.4, -0.2) is 54.2 Å². The van der Waals surface area contributed by atoms with Gasteiger partial charge < -0.3 is 27.3 Å². The Bertz CT molecular complexity index is 379. The lowest BCUT2D eigenvalue weighted by atomic mass is 10.0. The van der Waals surface area contributed by atoms with E-state index in [-0.39, 0.29) is 24.7 Å². The lowest BCUT2D eigenvalue weighted by molar-refractivity contribution is -0.878. The first-order valence-electron chi connectivity index (χ1n) is 6.70. The Hall–Kier alpha value is -1.59. The monoisotopic (exact) mass is 332 g/mol. The third-order valence-electron chi connectivity index (χ3n) is 2.49. The van der Waals surface area contributed by atoms with Gasteiger partial charge in [-0.2, -0.15) is 0 Å². The highest BCUT2D eigenvalue weighted by molar-refractivity contribution is 5.87. The first-order chi connectivity index (χ1) is 9.49. The number of nitrogens with zero attached hydrogens (tertiary/aromatic N) is 1. The maximum absolute atomic E-state index is 10.8. The van der Waals surface area contributed by atoms with Gasteiger partial charge >= 0.3 is 5.97 Å². The molecule has 0 unspecified atom stereocenters. The normalized spacial score (nSPS) is 10.2. The minimum Gasteiger partial charge on any atom is -1.00 e. The van der Waals surface area contributed by atoms with Crippen LogP contribution in [0.5, 0.6) is 0 Å². The van der Waals surface area contributed by atoms with Crippen molar-refractivity contribution in [3.8, 4) is 0 Å². The highest BCUT2D eigenvalue weighted by atomic mass is 35.5. The van der Waals surface area contributed by atoms with E-state index >= 15 is 0 Å². The van der Waals surface area contributed by atoms with Gasteiger partial charge in [0.2, 0.25) is 5.91 Å². The molecule has 0 radical (unpaired) electrons. The molecule has 0 aromatic heterocycles. The molecule has 5 nitrogen and oxygen atoms in total. The second-order valence-electron chi connectivity index (χ2n) is 6.03. The number of carbonyl (C=O) groups is 2. The molecule has 0 aromatic carbocycles. The summed E-state index contributed by atoms with van der Waals surface area (Å²) < 4.78 is 0.951. The summed E-state index contributed by atoms with van der Waals surface area (Å²) >= 11 is 0. The van der Waals surface area contributed by atoms with Crippen LogP contribution in [0.15, 0.2) is 38.0 Å². The summed E-state index contributed by atoms with van der Waals surface area (Å²) in [7, 11) is 4.31. The van der Waals surface area contributed by atoms with Gasteiger partial charge in [0.05, 0.1) is 33.6 Å². The van der Waals surface area contributed by atoms with Crippen LogP contribution in [0.25, 0.3) is 0 Å². The number of rotatable bonds is 8. The molecule has 0 fully saturated rings. The zero-order valence-corrected chi connectivity index (χ0v) is 14.8. The van der Waals surface area contributed by atoms with Crippen molar-refractivity contribution in [3.63, 3.8) is 0 Å². The van der Waals surface area contributed by atoms with Crippen LogP contribution in [0, 0.1) is 0 Å². The van der Waals surface area contributed by atoms with Gasteiger partial charge in [-0.25, -0.2) is 0 Å². The predicted molar refractivity (Wildman–Crippen MR) is 86.9 cm³/mol. The highest BCUT2D eigenvalue weighted by Gasteiger charge is 2.22. The molecule has 0 aromatic rings. The van der Waals surface area contributed by atoms with Crippen LogP contribution in [0.4, 0.5) is 0 Å². The number of likely N-dealkylation sites (N-methyl/N-ethyl adjacent to an activating group) is 1. The van der Waals surface area contributed by atoms with Crippen molar-refractivity contribution in [1.82, 2.24) is 5.32 Å². The number of quaternary nitrogens is 1. The molecule has 0 bridgehead atoms. The van der Waals surface area contributed by atoms with Crippen molar-refractivity contribution in [2.45, 2.75) is 25.8 Å². The van der Waals surface area contributed by atoms with Crippen LogP contribution >= 0.6 is 0 Å². The van der Waals surface area contributed by atoms with Crippen molar-refractivity contribution in [2.24, 2.45) is 0 Å². The van der Waals surface area contributed by atoms with Crippen molar-refractivity contribution in [1.29, 1.82) is 0 Å². The van der Waals surface area contributed by atoms with Crippen LogP contribution < -0.4 is 17.7 Å². The molecule has 0 aliphatic rings. The number of hydrogen-bond donors (Lipinski definition) is 2. The Morgan fingerprint density at radius 3 is 1.82 bits per heavy atom. The lowest BCUT2D eigenvalue weighted by Crippen LogP contribution is -3.00. The van der Waals surface area contributed by atoms with E-state index in [1.54, 1.807) is 13.8 Å². The summed E-state index contributed by atoms with van der Waals surface area (Å²) in [6, 6.07) is 0. The number of carboxylic acids is 1. The van der Waals surface area contributed by atoms with E-state index < -0.39 is 11.5 Å². The van der Waals surface area contributed by atoms with Gasteiger partial charge in [-0.05, 0) is 32.1 Å². The third-order valence-corrected chi connectivity index (χ3v) is 2.49. The number of carboxylic acid groups (broad SMARTS) is 1. The van der Waals surface area contributed by atoms with Crippen molar-refractivity contribution >= 4 is 11.9 Å². The van der Waals surface area contributed by atoms with Gasteiger partial charge in [0, 0.05) is 5.54 Å². The van der Waals surface area contributed by atoms with Crippen LogP contribution in [-0.2, 0) is 9.59 Å². The number of hydrogen-bond acceptors (Lipinski definition) is 2. The summed E-state index contributed by atoms with van der Waals surface area (Å²) in [6.07, 6.45) is 4.88. The average Bonchev–Trinajstić information content (AvgIpc) is 2.26. The Kier molecular flexibility index (Phi) is 13.8. The molecule has 0 aliphatic heterocycles. The maximum Gasteiger partial charge on any atom is 0.305 e. The summed E-state index contributed by atoms with van der Waals surface area (Å²) in [5.74, 6) is -1.30. The molecule has 0 saturated heterocycles. The van der Waals surface area contributed by atoms with E-state index in [0.717, 1.165) is 23.6 Å². The second-order valence-corrected chi connectivity index (χ2v) is 6.03. The summed E-state index contributed by atoms with van der Waals surface area (Å²) in [5.41, 5.74) is -0.725. The Morgan fingerprint density at radius 2 is 1.55 bits per heavy atom. The topological polar surface area (TPSA) is 66.4 Å². The van der Waals surface area contributed by atoms with Crippen molar-refractivity contribution in [3.05, 3.63) is 38.0 Å². The van der Waals surface area contributed by atoms with Gasteiger partial charge in [0.25, 0.3) is 0 Å². The molecular formula is C16H29ClN2O3. The lowest BCUT2D eigenvalue weighted by Gasteiger charge is -2.26. The predicted octanol–water partition coefficient (Wildman–Crippen LogP) is -1.02. The molecule has 0 aliphatic carbocycles. The van der Waals surface area contributed by atoms with E-state index in [4.69, 9.17) is 5.11 Å². The summed E-state index contributed by atoms with van der Waals surface area (Å²) in [4.78, 5) is 21.1.